The van der Waals surface area contributed by atoms with E-state index in [1.54, 1.807) is 48.8 Å². The zero-order valence-corrected chi connectivity index (χ0v) is 16.6. The number of thiophene rings is 1. The van der Waals surface area contributed by atoms with Crippen LogP contribution in [0.1, 0.15) is 16.1 Å². The summed E-state index contributed by atoms with van der Waals surface area (Å²) in [5.74, 6) is -0.220. The maximum Gasteiger partial charge on any atom is 0.435 e. The lowest BCUT2D eigenvalue weighted by atomic mass is 10.1. The molecule has 0 saturated carbocycles. The van der Waals surface area contributed by atoms with Crippen LogP contribution in [0.5, 0.6) is 0 Å². The van der Waals surface area contributed by atoms with Crippen molar-refractivity contribution in [1.29, 1.82) is 0 Å². The molecule has 0 atom stereocenters. The van der Waals surface area contributed by atoms with E-state index in [-0.39, 0.29) is 5.91 Å². The van der Waals surface area contributed by atoms with Gasteiger partial charge >= 0.3 is 6.18 Å². The average Bonchev–Trinajstić information content (AvgIpc) is 3.43. The number of alkyl halides is 3. The molecule has 2 heterocycles. The molecule has 152 valence electrons. The predicted octanol–water partition coefficient (Wildman–Crippen LogP) is 5.90. The van der Waals surface area contributed by atoms with Gasteiger partial charge in [-0.25, -0.2) is 4.68 Å². The second-order valence-corrected chi connectivity index (χ2v) is 7.50. The summed E-state index contributed by atoms with van der Waals surface area (Å²) in [6, 6.07) is 20.1. The predicted molar refractivity (Wildman–Crippen MR) is 111 cm³/mol. The monoisotopic (exact) mass is 427 g/mol. The molecule has 4 rings (SSSR count). The molecule has 8 heteroatoms. The van der Waals surface area contributed by atoms with Crippen LogP contribution in [0.2, 0.25) is 0 Å². The first-order valence-corrected chi connectivity index (χ1v) is 9.87. The van der Waals surface area contributed by atoms with Gasteiger partial charge < -0.3 is 4.90 Å². The number of carbonyl (C=O) groups is 1. The fraction of sp³-hybridized carbons (Fsp3) is 0.0909. The Morgan fingerprint density at radius 2 is 1.70 bits per heavy atom. The molecule has 0 unspecified atom stereocenters. The number of halogens is 3. The van der Waals surface area contributed by atoms with Gasteiger partial charge in [-0.05, 0) is 53.9 Å². The van der Waals surface area contributed by atoms with Crippen LogP contribution in [0.3, 0.4) is 0 Å². The Morgan fingerprint density at radius 3 is 2.30 bits per heavy atom. The molecule has 0 fully saturated rings. The van der Waals surface area contributed by atoms with E-state index in [0.29, 0.717) is 21.8 Å². The van der Waals surface area contributed by atoms with Gasteiger partial charge in [0.15, 0.2) is 5.69 Å². The van der Waals surface area contributed by atoms with E-state index in [1.165, 1.54) is 20.9 Å². The molecule has 2 aromatic heterocycles. The smallest absolute Gasteiger partial charge is 0.311 e. The highest BCUT2D eigenvalue weighted by molar-refractivity contribution is 7.13. The Hall–Kier alpha value is -3.39. The zero-order chi connectivity index (χ0) is 21.3. The summed E-state index contributed by atoms with van der Waals surface area (Å²) >= 11 is 1.33. The number of hydrogen-bond acceptors (Lipinski definition) is 3. The van der Waals surface area contributed by atoms with Crippen LogP contribution in [0.15, 0.2) is 78.2 Å². The summed E-state index contributed by atoms with van der Waals surface area (Å²) in [5.41, 5.74) is 0.986. The van der Waals surface area contributed by atoms with Crippen molar-refractivity contribution in [2.45, 2.75) is 6.18 Å². The van der Waals surface area contributed by atoms with Gasteiger partial charge in [-0.3, -0.25) is 4.79 Å². The number of nitrogens with zero attached hydrogens (tertiary/aromatic N) is 3. The number of rotatable bonds is 4. The van der Waals surface area contributed by atoms with Gasteiger partial charge in [0, 0.05) is 18.3 Å². The quantitative estimate of drug-likeness (QED) is 0.407. The van der Waals surface area contributed by atoms with Crippen LogP contribution in [0, 0.1) is 0 Å². The van der Waals surface area contributed by atoms with E-state index >= 15 is 0 Å². The van der Waals surface area contributed by atoms with Crippen molar-refractivity contribution < 1.29 is 18.0 Å². The van der Waals surface area contributed by atoms with Gasteiger partial charge in [0.25, 0.3) is 5.91 Å². The largest absolute Gasteiger partial charge is 0.435 e. The molecule has 0 aliphatic heterocycles. The second kappa shape index (κ2) is 7.79. The summed E-state index contributed by atoms with van der Waals surface area (Å²) in [6.45, 7) is 0. The lowest BCUT2D eigenvalue weighted by molar-refractivity contribution is -0.141. The molecule has 4 nitrogen and oxygen atoms in total. The van der Waals surface area contributed by atoms with Crippen molar-refractivity contribution in [1.82, 2.24) is 9.78 Å². The first-order valence-electron chi connectivity index (χ1n) is 8.99. The second-order valence-electron chi connectivity index (χ2n) is 6.55. The maximum atomic E-state index is 13.2. The number of amides is 1. The third kappa shape index (κ3) is 3.86. The number of hydrogen-bond donors (Lipinski definition) is 0. The first-order chi connectivity index (χ1) is 14.3. The summed E-state index contributed by atoms with van der Waals surface area (Å²) in [7, 11) is 1.67. The molecular formula is C22H16F3N3OS. The van der Waals surface area contributed by atoms with Gasteiger partial charge in [0.05, 0.1) is 16.3 Å². The maximum absolute atomic E-state index is 13.2. The van der Waals surface area contributed by atoms with Crippen LogP contribution < -0.4 is 4.90 Å². The Balaban J connectivity index is 1.68. The van der Waals surface area contributed by atoms with E-state index < -0.39 is 11.9 Å². The molecule has 0 N–H and O–H groups in total. The minimum Gasteiger partial charge on any atom is -0.311 e. The lowest BCUT2D eigenvalue weighted by Gasteiger charge is -2.17. The molecule has 0 aliphatic rings. The SMILES string of the molecule is CN(C(=O)c1ccc(-n2nc(C(F)(F)F)cc2-c2cccs2)cc1)c1ccccc1. The van der Waals surface area contributed by atoms with Gasteiger partial charge in [0.1, 0.15) is 0 Å². The van der Waals surface area contributed by atoms with Crippen LogP contribution in [-0.2, 0) is 6.18 Å². The Morgan fingerprint density at radius 1 is 1.00 bits per heavy atom. The highest BCUT2D eigenvalue weighted by atomic mass is 32.1. The molecule has 0 saturated heterocycles. The minimum absolute atomic E-state index is 0.220. The number of anilines is 1. The molecule has 1 amide bonds. The van der Waals surface area contributed by atoms with Crippen LogP contribution in [0.4, 0.5) is 18.9 Å². The third-order valence-electron chi connectivity index (χ3n) is 4.58. The zero-order valence-electron chi connectivity index (χ0n) is 15.8. The van der Waals surface area contributed by atoms with Gasteiger partial charge in [-0.2, -0.15) is 18.3 Å². The molecule has 4 aromatic rings. The molecule has 0 radical (unpaired) electrons. The standard InChI is InChI=1S/C22H16F3N3OS/c1-27(16-6-3-2-4-7-16)21(29)15-9-11-17(12-10-15)28-18(19-8-5-13-30-19)14-20(26-28)22(23,24)25/h2-14H,1H3. The number of aromatic nitrogens is 2. The van der Waals surface area contributed by atoms with Gasteiger partial charge in [-0.1, -0.05) is 24.3 Å². The first kappa shape index (κ1) is 19.9. The number of benzene rings is 2. The molecule has 0 bridgehead atoms. The average molecular weight is 427 g/mol. The Labute approximate surface area is 174 Å². The summed E-state index contributed by atoms with van der Waals surface area (Å²) in [6.07, 6.45) is -4.55. The Kier molecular flexibility index (Phi) is 5.17. The van der Waals surface area contributed by atoms with Gasteiger partial charge in [-0.15, -0.1) is 11.3 Å². The van der Waals surface area contributed by atoms with E-state index in [2.05, 4.69) is 5.10 Å². The minimum atomic E-state index is -4.55. The van der Waals surface area contributed by atoms with Gasteiger partial charge in [0.2, 0.25) is 0 Å². The molecular weight excluding hydrogens is 411 g/mol. The fourth-order valence-corrected chi connectivity index (χ4v) is 3.75. The van der Waals surface area contributed by atoms with E-state index in [1.807, 2.05) is 30.3 Å². The van der Waals surface area contributed by atoms with Crippen LogP contribution in [0.25, 0.3) is 16.3 Å². The summed E-state index contributed by atoms with van der Waals surface area (Å²) < 4.78 is 41.0. The van der Waals surface area contributed by atoms with E-state index in [0.717, 1.165) is 11.8 Å². The summed E-state index contributed by atoms with van der Waals surface area (Å²) in [5, 5.41) is 5.56. The van der Waals surface area contributed by atoms with Crippen molar-refractivity contribution >= 4 is 22.9 Å². The van der Waals surface area contributed by atoms with Crippen molar-refractivity contribution in [2.24, 2.45) is 0 Å². The molecule has 0 aliphatic carbocycles. The van der Waals surface area contributed by atoms with Crippen molar-refractivity contribution in [3.63, 3.8) is 0 Å². The van der Waals surface area contributed by atoms with Crippen molar-refractivity contribution in [3.8, 4) is 16.3 Å². The van der Waals surface area contributed by atoms with Crippen LogP contribution in [-0.4, -0.2) is 22.7 Å². The van der Waals surface area contributed by atoms with E-state index in [9.17, 15) is 18.0 Å². The lowest BCUT2D eigenvalue weighted by Crippen LogP contribution is -2.26. The Bertz CT molecular complexity index is 1150. The number of carbonyl (C=O) groups excluding carboxylic acids is 1. The molecule has 2 aromatic carbocycles. The molecule has 0 spiro atoms. The topological polar surface area (TPSA) is 38.1 Å². The normalized spacial score (nSPS) is 11.5. The highest BCUT2D eigenvalue weighted by Gasteiger charge is 2.35. The third-order valence-corrected chi connectivity index (χ3v) is 5.47. The van der Waals surface area contributed by atoms with Crippen LogP contribution >= 0.6 is 11.3 Å². The van der Waals surface area contributed by atoms with E-state index in [4.69, 9.17) is 0 Å². The summed E-state index contributed by atoms with van der Waals surface area (Å²) in [4.78, 5) is 14.9. The van der Waals surface area contributed by atoms with Crippen molar-refractivity contribution in [3.05, 3.63) is 89.4 Å². The van der Waals surface area contributed by atoms with Crippen molar-refractivity contribution in [2.75, 3.05) is 11.9 Å². The molecule has 30 heavy (non-hydrogen) atoms. The fourth-order valence-electron chi connectivity index (χ4n) is 3.02. The number of para-hydroxylation sites is 1. The highest BCUT2D eigenvalue weighted by Crippen LogP contribution is 2.34.